The van der Waals surface area contributed by atoms with Gasteiger partial charge < -0.3 is 0 Å². The minimum atomic E-state index is -3.76. The van der Waals surface area contributed by atoms with Crippen LogP contribution in [0.2, 0.25) is 5.02 Å². The summed E-state index contributed by atoms with van der Waals surface area (Å²) in [6.07, 6.45) is 5.59. The molecule has 21 heavy (non-hydrogen) atoms. The van der Waals surface area contributed by atoms with Crippen molar-refractivity contribution >= 4 is 21.6 Å². The monoisotopic (exact) mass is 331 g/mol. The molecule has 0 aromatic heterocycles. The van der Waals surface area contributed by atoms with E-state index in [1.807, 2.05) is 0 Å². The molecule has 1 aliphatic carbocycles. The second-order valence-electron chi connectivity index (χ2n) is 6.03. The number of benzene rings is 1. The van der Waals surface area contributed by atoms with E-state index in [9.17, 15) is 12.8 Å². The Morgan fingerprint density at radius 1 is 1.14 bits per heavy atom. The van der Waals surface area contributed by atoms with E-state index >= 15 is 0 Å². The summed E-state index contributed by atoms with van der Waals surface area (Å²) in [6.45, 7) is 1.01. The minimum absolute atomic E-state index is 0.206. The van der Waals surface area contributed by atoms with Crippen molar-refractivity contribution in [3.8, 4) is 0 Å². The molecule has 1 heterocycles. The van der Waals surface area contributed by atoms with Crippen LogP contribution in [-0.4, -0.2) is 25.8 Å². The van der Waals surface area contributed by atoms with Crippen LogP contribution in [0.4, 0.5) is 4.39 Å². The molecule has 0 bridgehead atoms. The first-order valence-electron chi connectivity index (χ1n) is 7.43. The van der Waals surface area contributed by atoms with E-state index in [-0.39, 0.29) is 9.92 Å². The molecule has 6 heteroatoms. The molecule has 2 aliphatic rings. The lowest BCUT2D eigenvalue weighted by Gasteiger charge is -2.40. The zero-order chi connectivity index (χ0) is 15.0. The number of sulfonamides is 1. The highest BCUT2D eigenvalue weighted by molar-refractivity contribution is 7.89. The Bertz CT molecular complexity index is 635. The molecular weight excluding hydrogens is 313 g/mol. The Balaban J connectivity index is 1.85. The van der Waals surface area contributed by atoms with E-state index < -0.39 is 15.8 Å². The van der Waals surface area contributed by atoms with Crippen molar-refractivity contribution in [1.82, 2.24) is 4.31 Å². The Morgan fingerprint density at radius 2 is 1.86 bits per heavy atom. The van der Waals surface area contributed by atoms with Crippen LogP contribution >= 0.6 is 11.6 Å². The van der Waals surface area contributed by atoms with Crippen molar-refractivity contribution in [2.24, 2.45) is 11.8 Å². The fourth-order valence-corrected chi connectivity index (χ4v) is 5.33. The van der Waals surface area contributed by atoms with E-state index in [0.717, 1.165) is 18.9 Å². The summed E-state index contributed by atoms with van der Waals surface area (Å²) in [5.74, 6) is 0.297. The van der Waals surface area contributed by atoms with E-state index in [2.05, 4.69) is 0 Å². The van der Waals surface area contributed by atoms with Gasteiger partial charge in [-0.05, 0) is 42.9 Å². The molecule has 1 saturated heterocycles. The Morgan fingerprint density at radius 3 is 2.57 bits per heavy atom. The second kappa shape index (κ2) is 5.86. The highest BCUT2D eigenvalue weighted by atomic mass is 35.5. The Kier molecular flexibility index (Phi) is 4.26. The molecule has 0 spiro atoms. The van der Waals surface area contributed by atoms with Crippen LogP contribution in [0.3, 0.4) is 0 Å². The smallest absolute Gasteiger partial charge is 0.207 e. The van der Waals surface area contributed by atoms with E-state index in [1.165, 1.54) is 35.7 Å². The summed E-state index contributed by atoms with van der Waals surface area (Å²) >= 11 is 5.70. The van der Waals surface area contributed by atoms with Crippen molar-refractivity contribution in [3.05, 3.63) is 29.0 Å². The first-order valence-corrected chi connectivity index (χ1v) is 9.25. The van der Waals surface area contributed by atoms with Crippen LogP contribution in [0.5, 0.6) is 0 Å². The average molecular weight is 332 g/mol. The predicted octanol–water partition coefficient (Wildman–Crippen LogP) is 3.68. The standard InChI is InChI=1S/C15H19ClFNO2S/c16-13-5-6-15(14(17)9-13)21(19,20)18-8-7-11-3-1-2-4-12(11)10-18/h5-6,9,11-12H,1-4,7-8,10H2/t11-,12+/m0/s1. The first kappa shape index (κ1) is 15.3. The number of fused-ring (bicyclic) bond motifs is 1. The lowest BCUT2D eigenvalue weighted by molar-refractivity contribution is 0.136. The molecule has 116 valence electrons. The summed E-state index contributed by atoms with van der Waals surface area (Å²) < 4.78 is 40.7. The van der Waals surface area contributed by atoms with E-state index in [1.54, 1.807) is 0 Å². The van der Waals surface area contributed by atoms with Gasteiger partial charge in [0.2, 0.25) is 10.0 Å². The zero-order valence-electron chi connectivity index (χ0n) is 11.8. The molecule has 0 amide bonds. The molecule has 0 N–H and O–H groups in total. The summed E-state index contributed by atoms with van der Waals surface area (Å²) in [5.41, 5.74) is 0. The molecule has 2 fully saturated rings. The van der Waals surface area contributed by atoms with Crippen LogP contribution in [0, 0.1) is 17.7 Å². The number of nitrogens with zero attached hydrogens (tertiary/aromatic N) is 1. The lowest BCUT2D eigenvalue weighted by atomic mass is 9.76. The molecule has 3 rings (SSSR count). The van der Waals surface area contributed by atoms with Crippen molar-refractivity contribution < 1.29 is 12.8 Å². The maximum absolute atomic E-state index is 13.9. The van der Waals surface area contributed by atoms with Crippen LogP contribution in [0.1, 0.15) is 32.1 Å². The van der Waals surface area contributed by atoms with Crippen molar-refractivity contribution in [2.45, 2.75) is 37.0 Å². The normalized spacial score (nSPS) is 27.3. The molecule has 3 nitrogen and oxygen atoms in total. The lowest BCUT2D eigenvalue weighted by Crippen LogP contribution is -2.44. The summed E-state index contributed by atoms with van der Waals surface area (Å²) in [7, 11) is -3.76. The third kappa shape index (κ3) is 2.96. The number of hydrogen-bond acceptors (Lipinski definition) is 2. The molecule has 1 aliphatic heterocycles. The van der Waals surface area contributed by atoms with Gasteiger partial charge in [0.15, 0.2) is 0 Å². The zero-order valence-corrected chi connectivity index (χ0v) is 13.3. The average Bonchev–Trinajstić information content (AvgIpc) is 2.46. The van der Waals surface area contributed by atoms with Gasteiger partial charge in [-0.25, -0.2) is 12.8 Å². The third-order valence-corrected chi connectivity index (χ3v) is 6.90. The van der Waals surface area contributed by atoms with Gasteiger partial charge in [0.05, 0.1) is 0 Å². The molecule has 1 aromatic carbocycles. The van der Waals surface area contributed by atoms with Crippen LogP contribution in [0.15, 0.2) is 23.1 Å². The quantitative estimate of drug-likeness (QED) is 0.829. The number of piperidine rings is 1. The minimum Gasteiger partial charge on any atom is -0.207 e. The van der Waals surface area contributed by atoms with Gasteiger partial charge in [0, 0.05) is 18.1 Å². The highest BCUT2D eigenvalue weighted by Gasteiger charge is 2.37. The molecule has 0 unspecified atom stereocenters. The fourth-order valence-electron chi connectivity index (χ4n) is 3.61. The van der Waals surface area contributed by atoms with Gasteiger partial charge in [0.25, 0.3) is 0 Å². The van der Waals surface area contributed by atoms with Crippen LogP contribution in [-0.2, 0) is 10.0 Å². The highest BCUT2D eigenvalue weighted by Crippen LogP contribution is 2.38. The molecular formula is C15H19ClFNO2S. The number of hydrogen-bond donors (Lipinski definition) is 0. The van der Waals surface area contributed by atoms with Crippen molar-refractivity contribution in [1.29, 1.82) is 0 Å². The van der Waals surface area contributed by atoms with Gasteiger partial charge in [-0.1, -0.05) is 30.9 Å². The van der Waals surface area contributed by atoms with Gasteiger partial charge in [0.1, 0.15) is 10.7 Å². The predicted molar refractivity (Wildman–Crippen MR) is 80.2 cm³/mol. The van der Waals surface area contributed by atoms with Gasteiger partial charge in [-0.3, -0.25) is 0 Å². The Labute approximate surface area is 130 Å². The van der Waals surface area contributed by atoms with E-state index in [4.69, 9.17) is 11.6 Å². The molecule has 1 aromatic rings. The van der Waals surface area contributed by atoms with Crippen LogP contribution in [0.25, 0.3) is 0 Å². The van der Waals surface area contributed by atoms with Gasteiger partial charge >= 0.3 is 0 Å². The first-order chi connectivity index (χ1) is 9.98. The van der Waals surface area contributed by atoms with Crippen LogP contribution < -0.4 is 0 Å². The summed E-state index contributed by atoms with van der Waals surface area (Å²) in [4.78, 5) is -0.263. The third-order valence-electron chi connectivity index (χ3n) is 4.77. The van der Waals surface area contributed by atoms with Gasteiger partial charge in [-0.2, -0.15) is 4.31 Å². The van der Waals surface area contributed by atoms with Crippen molar-refractivity contribution in [2.75, 3.05) is 13.1 Å². The molecule has 0 radical (unpaired) electrons. The topological polar surface area (TPSA) is 37.4 Å². The SMILES string of the molecule is O=S(=O)(c1ccc(Cl)cc1F)N1CC[C@@H]2CCCC[C@@H]2C1. The van der Waals surface area contributed by atoms with E-state index in [0.29, 0.717) is 24.9 Å². The Hall–Kier alpha value is -0.650. The molecule has 2 atom stereocenters. The largest absolute Gasteiger partial charge is 0.245 e. The number of rotatable bonds is 2. The summed E-state index contributed by atoms with van der Waals surface area (Å²) in [5, 5.41) is 0.206. The number of halogens is 2. The molecule has 1 saturated carbocycles. The second-order valence-corrected chi connectivity index (χ2v) is 8.37. The maximum atomic E-state index is 13.9. The fraction of sp³-hybridized carbons (Fsp3) is 0.600. The summed E-state index contributed by atoms with van der Waals surface area (Å²) in [6, 6.07) is 3.74. The van der Waals surface area contributed by atoms with Crippen molar-refractivity contribution in [3.63, 3.8) is 0 Å². The maximum Gasteiger partial charge on any atom is 0.245 e. The van der Waals surface area contributed by atoms with Gasteiger partial charge in [-0.15, -0.1) is 0 Å².